The van der Waals surface area contributed by atoms with Gasteiger partial charge in [-0.3, -0.25) is 9.59 Å². The van der Waals surface area contributed by atoms with Crippen LogP contribution in [0.2, 0.25) is 0 Å². The number of para-hydroxylation sites is 1. The molecule has 1 atom stereocenters. The molecule has 2 aromatic carbocycles. The van der Waals surface area contributed by atoms with Gasteiger partial charge in [0.25, 0.3) is 5.91 Å². The highest BCUT2D eigenvalue weighted by molar-refractivity contribution is 5.87. The minimum absolute atomic E-state index is 0.0140. The topological polar surface area (TPSA) is 58.6 Å². The maximum Gasteiger partial charge on any atom is 0.261 e. The van der Waals surface area contributed by atoms with Crippen LogP contribution in [0.5, 0.6) is 5.75 Å². The van der Waals surface area contributed by atoms with Gasteiger partial charge in [0.2, 0.25) is 5.91 Å². The number of hydrogen-bond donors (Lipinski definition) is 1. The lowest BCUT2D eigenvalue weighted by Crippen LogP contribution is -2.49. The lowest BCUT2D eigenvalue weighted by atomic mass is 10.1. The Morgan fingerprint density at radius 2 is 1.68 bits per heavy atom. The van der Waals surface area contributed by atoms with E-state index in [4.69, 9.17) is 4.74 Å². The quantitative estimate of drug-likeness (QED) is 0.719. The molecular formula is C22H27FN2O3. The molecule has 0 bridgehead atoms. The number of rotatable bonds is 9. The number of benzene rings is 2. The van der Waals surface area contributed by atoms with Gasteiger partial charge in [-0.15, -0.1) is 0 Å². The third-order valence-corrected chi connectivity index (χ3v) is 4.26. The highest BCUT2D eigenvalue weighted by atomic mass is 19.1. The Morgan fingerprint density at radius 1 is 1.04 bits per heavy atom. The highest BCUT2D eigenvalue weighted by Crippen LogP contribution is 2.14. The van der Waals surface area contributed by atoms with Crippen molar-refractivity contribution in [2.75, 3.05) is 13.2 Å². The van der Waals surface area contributed by atoms with Crippen LogP contribution < -0.4 is 10.1 Å². The summed E-state index contributed by atoms with van der Waals surface area (Å²) in [6.07, 6.45) is 0. The summed E-state index contributed by atoms with van der Waals surface area (Å²) < 4.78 is 19.6. The molecule has 0 unspecified atom stereocenters. The van der Waals surface area contributed by atoms with Crippen molar-refractivity contribution < 1.29 is 18.7 Å². The van der Waals surface area contributed by atoms with Crippen LogP contribution in [0, 0.1) is 11.7 Å². The van der Waals surface area contributed by atoms with Gasteiger partial charge in [-0.25, -0.2) is 4.39 Å². The van der Waals surface area contributed by atoms with Crippen LogP contribution in [0.3, 0.4) is 0 Å². The Bertz CT molecular complexity index is 780. The summed E-state index contributed by atoms with van der Waals surface area (Å²) in [6.45, 7) is 5.87. The largest absolute Gasteiger partial charge is 0.484 e. The number of hydrogen-bond acceptors (Lipinski definition) is 3. The van der Waals surface area contributed by atoms with Crippen molar-refractivity contribution in [3.8, 4) is 5.75 Å². The first-order valence-corrected chi connectivity index (χ1v) is 9.37. The number of carbonyl (C=O) groups excluding carboxylic acids is 2. The fourth-order valence-corrected chi connectivity index (χ4v) is 2.59. The van der Waals surface area contributed by atoms with Crippen LogP contribution >= 0.6 is 0 Å². The third kappa shape index (κ3) is 6.37. The van der Waals surface area contributed by atoms with Crippen molar-refractivity contribution in [1.82, 2.24) is 10.2 Å². The Hall–Kier alpha value is -2.89. The van der Waals surface area contributed by atoms with Gasteiger partial charge in [-0.05, 0) is 31.0 Å². The summed E-state index contributed by atoms with van der Waals surface area (Å²) in [5.74, 6) is -0.247. The lowest BCUT2D eigenvalue weighted by molar-refractivity contribution is -0.142. The molecule has 5 nitrogen and oxygen atoms in total. The average molecular weight is 386 g/mol. The van der Waals surface area contributed by atoms with E-state index >= 15 is 0 Å². The Labute approximate surface area is 165 Å². The monoisotopic (exact) mass is 386 g/mol. The van der Waals surface area contributed by atoms with Gasteiger partial charge < -0.3 is 15.0 Å². The summed E-state index contributed by atoms with van der Waals surface area (Å²) in [5, 5.41) is 2.82. The molecule has 2 amide bonds. The zero-order valence-electron chi connectivity index (χ0n) is 16.5. The van der Waals surface area contributed by atoms with E-state index in [1.54, 1.807) is 49.4 Å². The van der Waals surface area contributed by atoms with Crippen molar-refractivity contribution in [2.45, 2.75) is 33.4 Å². The molecule has 2 aromatic rings. The normalized spacial score (nSPS) is 11.8. The molecule has 150 valence electrons. The molecule has 0 aliphatic heterocycles. The predicted molar refractivity (Wildman–Crippen MR) is 106 cm³/mol. The van der Waals surface area contributed by atoms with Crippen LogP contribution in [0.15, 0.2) is 54.6 Å². The Morgan fingerprint density at radius 3 is 2.32 bits per heavy atom. The highest BCUT2D eigenvalue weighted by Gasteiger charge is 2.27. The number of carbonyl (C=O) groups is 2. The van der Waals surface area contributed by atoms with Crippen LogP contribution in [0.1, 0.15) is 26.3 Å². The van der Waals surface area contributed by atoms with Gasteiger partial charge in [-0.2, -0.15) is 0 Å². The lowest BCUT2D eigenvalue weighted by Gasteiger charge is -2.29. The van der Waals surface area contributed by atoms with E-state index in [9.17, 15) is 14.0 Å². The number of nitrogens with zero attached hydrogens (tertiary/aromatic N) is 1. The maximum absolute atomic E-state index is 14.1. The number of halogens is 1. The van der Waals surface area contributed by atoms with Gasteiger partial charge in [0.1, 0.15) is 17.6 Å². The molecule has 28 heavy (non-hydrogen) atoms. The summed E-state index contributed by atoms with van der Waals surface area (Å²) >= 11 is 0. The molecule has 0 aliphatic carbocycles. The van der Waals surface area contributed by atoms with Crippen molar-refractivity contribution in [2.24, 2.45) is 5.92 Å². The summed E-state index contributed by atoms with van der Waals surface area (Å²) in [6, 6.07) is 14.4. The molecule has 0 saturated heterocycles. The molecule has 0 saturated carbocycles. The molecular weight excluding hydrogens is 359 g/mol. The molecule has 0 aromatic heterocycles. The summed E-state index contributed by atoms with van der Waals surface area (Å²) in [5.41, 5.74) is 0.346. The molecule has 0 heterocycles. The smallest absolute Gasteiger partial charge is 0.261 e. The van der Waals surface area contributed by atoms with Gasteiger partial charge in [0, 0.05) is 18.7 Å². The molecule has 6 heteroatoms. The Balaban J connectivity index is 2.13. The Kier molecular flexibility index (Phi) is 7.99. The van der Waals surface area contributed by atoms with Crippen LogP contribution in [0.4, 0.5) is 4.39 Å². The molecule has 0 spiro atoms. The fourth-order valence-electron chi connectivity index (χ4n) is 2.59. The maximum atomic E-state index is 14.1. The molecule has 2 rings (SSSR count). The molecule has 1 N–H and O–H groups in total. The van der Waals surface area contributed by atoms with Crippen molar-refractivity contribution in [3.05, 3.63) is 66.0 Å². The van der Waals surface area contributed by atoms with Crippen molar-refractivity contribution in [3.63, 3.8) is 0 Å². The summed E-state index contributed by atoms with van der Waals surface area (Å²) in [7, 11) is 0. The second-order valence-electron chi connectivity index (χ2n) is 7.03. The molecule has 0 aliphatic rings. The predicted octanol–water partition coefficient (Wildman–Crippen LogP) is 3.39. The van der Waals surface area contributed by atoms with Crippen LogP contribution in [-0.2, 0) is 16.1 Å². The number of amides is 2. The van der Waals surface area contributed by atoms with Crippen LogP contribution in [-0.4, -0.2) is 35.9 Å². The second kappa shape index (κ2) is 10.4. The minimum atomic E-state index is -0.759. The first-order chi connectivity index (χ1) is 13.4. The third-order valence-electron chi connectivity index (χ3n) is 4.26. The molecule has 0 radical (unpaired) electrons. The van der Waals surface area contributed by atoms with E-state index in [0.717, 1.165) is 0 Å². The van der Waals surface area contributed by atoms with Gasteiger partial charge in [0.05, 0.1) is 0 Å². The average Bonchev–Trinajstić information content (AvgIpc) is 2.69. The van der Waals surface area contributed by atoms with Gasteiger partial charge in [0.15, 0.2) is 6.61 Å². The minimum Gasteiger partial charge on any atom is -0.484 e. The van der Waals surface area contributed by atoms with Crippen molar-refractivity contribution >= 4 is 11.8 Å². The zero-order valence-corrected chi connectivity index (χ0v) is 16.5. The number of nitrogens with one attached hydrogen (secondary N) is 1. The standard InChI is InChI=1S/C22H27FN2O3/c1-16(2)13-24-22(27)17(3)25(14-18-9-7-8-12-20(18)23)21(26)15-28-19-10-5-4-6-11-19/h4-12,16-17H,13-15H2,1-3H3,(H,24,27)/t17-/m0/s1. The SMILES string of the molecule is CC(C)CNC(=O)[C@H](C)N(Cc1ccccc1F)C(=O)COc1ccccc1. The number of ether oxygens (including phenoxy) is 1. The van der Waals surface area contributed by atoms with E-state index in [1.807, 2.05) is 19.9 Å². The second-order valence-corrected chi connectivity index (χ2v) is 7.03. The fraction of sp³-hybridized carbons (Fsp3) is 0.364. The van der Waals surface area contributed by atoms with Gasteiger partial charge >= 0.3 is 0 Å². The van der Waals surface area contributed by atoms with E-state index in [2.05, 4.69) is 5.32 Å². The first kappa shape index (κ1) is 21.4. The van der Waals surface area contributed by atoms with Crippen LogP contribution in [0.25, 0.3) is 0 Å². The van der Waals surface area contributed by atoms with E-state index in [0.29, 0.717) is 17.9 Å². The van der Waals surface area contributed by atoms with Crippen molar-refractivity contribution in [1.29, 1.82) is 0 Å². The van der Waals surface area contributed by atoms with E-state index in [-0.39, 0.29) is 30.9 Å². The van der Waals surface area contributed by atoms with E-state index < -0.39 is 11.9 Å². The molecule has 0 fully saturated rings. The van der Waals surface area contributed by atoms with Gasteiger partial charge in [-0.1, -0.05) is 50.2 Å². The van der Waals surface area contributed by atoms with E-state index in [1.165, 1.54) is 11.0 Å². The first-order valence-electron chi connectivity index (χ1n) is 9.37. The zero-order chi connectivity index (χ0) is 20.5. The summed E-state index contributed by atoms with van der Waals surface area (Å²) in [4.78, 5) is 26.7.